The number of nitrogens with two attached hydrogens (primary N) is 1. The molecular weight excluding hydrogens is 320 g/mol. The van der Waals surface area contributed by atoms with Gasteiger partial charge in [-0.05, 0) is 33.5 Å². The summed E-state index contributed by atoms with van der Waals surface area (Å²) in [6.07, 6.45) is 8.05. The molecule has 0 bridgehead atoms. The largest absolute Gasteiger partial charge is 0.550 e. The fourth-order valence-corrected chi connectivity index (χ4v) is 2.15. The lowest BCUT2D eigenvalue weighted by Crippen LogP contribution is -2.36. The smallest absolute Gasteiger partial charge is 0.344 e. The number of ether oxygens (including phenoxy) is 1. The number of carboxylic acid groups (broad SMARTS) is 1. The molecular formula is C18H40N4O3. The van der Waals surface area contributed by atoms with Crippen LogP contribution in [0, 0.1) is 0 Å². The van der Waals surface area contributed by atoms with Gasteiger partial charge in [-0.15, -0.1) is 0 Å². The molecule has 0 unspecified atom stereocenters. The first-order valence-corrected chi connectivity index (χ1v) is 9.14. The molecule has 2 N–H and O–H groups in total. The van der Waals surface area contributed by atoms with Crippen molar-refractivity contribution in [3.63, 3.8) is 0 Å². The molecule has 25 heavy (non-hydrogen) atoms. The second kappa shape index (κ2) is 17.3. The van der Waals surface area contributed by atoms with Crippen molar-refractivity contribution < 1.29 is 19.2 Å². The van der Waals surface area contributed by atoms with E-state index in [1.807, 2.05) is 37.7 Å². The van der Waals surface area contributed by atoms with Gasteiger partial charge < -0.3 is 19.5 Å². The van der Waals surface area contributed by atoms with Crippen LogP contribution in [0.2, 0.25) is 0 Å². The monoisotopic (exact) mass is 360 g/mol. The van der Waals surface area contributed by atoms with E-state index in [4.69, 9.17) is 5.73 Å². The topological polar surface area (TPSA) is 84.9 Å². The summed E-state index contributed by atoms with van der Waals surface area (Å²) in [5.74, 6) is 0.769. The molecule has 0 fully saturated rings. The number of carbonyl (C=O) groups is 1. The highest BCUT2D eigenvalue weighted by atomic mass is 16.7. The summed E-state index contributed by atoms with van der Waals surface area (Å²) in [6, 6.07) is 0. The molecule has 0 aliphatic carbocycles. The molecule has 0 aromatic carbocycles. The predicted molar refractivity (Wildman–Crippen MR) is 102 cm³/mol. The van der Waals surface area contributed by atoms with Gasteiger partial charge in [-0.25, -0.2) is 0 Å². The van der Waals surface area contributed by atoms with Gasteiger partial charge in [0, 0.05) is 6.61 Å². The van der Waals surface area contributed by atoms with E-state index in [0.29, 0.717) is 0 Å². The molecule has 0 rings (SSSR count). The van der Waals surface area contributed by atoms with Crippen LogP contribution < -0.4 is 10.8 Å². The Morgan fingerprint density at radius 3 is 1.68 bits per heavy atom. The van der Waals surface area contributed by atoms with E-state index in [-0.39, 0.29) is 6.61 Å². The maximum absolute atomic E-state index is 9.95. The molecule has 0 atom stereocenters. The summed E-state index contributed by atoms with van der Waals surface area (Å²) >= 11 is 0. The molecule has 0 amide bonds. The lowest BCUT2D eigenvalue weighted by Gasteiger charge is -2.09. The van der Waals surface area contributed by atoms with Crippen molar-refractivity contribution in [1.29, 1.82) is 0 Å². The zero-order valence-electron chi connectivity index (χ0n) is 17.2. The number of hydrogen-bond acceptors (Lipinski definition) is 4. The van der Waals surface area contributed by atoms with Crippen LogP contribution in [0.4, 0.5) is 4.79 Å². The van der Waals surface area contributed by atoms with Gasteiger partial charge in [0.1, 0.15) is 0 Å². The number of hydrogen-bond donors (Lipinski definition) is 1. The first kappa shape index (κ1) is 25.7. The van der Waals surface area contributed by atoms with Gasteiger partial charge in [0.25, 0.3) is 6.16 Å². The Labute approximate surface area is 154 Å². The normalized spacial score (nSPS) is 10.0. The minimum absolute atomic E-state index is 0.283. The van der Waals surface area contributed by atoms with Crippen molar-refractivity contribution >= 4 is 12.1 Å². The third-order valence-electron chi connectivity index (χ3n) is 3.64. The fourth-order valence-electron chi connectivity index (χ4n) is 2.15. The van der Waals surface area contributed by atoms with E-state index >= 15 is 0 Å². The van der Waals surface area contributed by atoms with Crippen LogP contribution in [0.3, 0.4) is 0 Å². The molecule has 0 aromatic rings. The van der Waals surface area contributed by atoms with Gasteiger partial charge in [-0.1, -0.05) is 38.5 Å². The molecule has 0 saturated carbocycles. The van der Waals surface area contributed by atoms with Gasteiger partial charge >= 0.3 is 5.96 Å². The van der Waals surface area contributed by atoms with Gasteiger partial charge in [0.2, 0.25) is 0 Å². The number of guanidine groups is 1. The Morgan fingerprint density at radius 1 is 0.920 bits per heavy atom. The Hall–Kier alpha value is -1.50. The van der Waals surface area contributed by atoms with Crippen LogP contribution in [0.5, 0.6) is 0 Å². The summed E-state index contributed by atoms with van der Waals surface area (Å²) in [7, 11) is 11.9. The lowest BCUT2D eigenvalue weighted by atomic mass is 10.1. The molecule has 7 nitrogen and oxygen atoms in total. The molecule has 0 aliphatic rings. The quantitative estimate of drug-likeness (QED) is 0.196. The summed E-state index contributed by atoms with van der Waals surface area (Å²) in [6.45, 7) is 1.46. The highest BCUT2D eigenvalue weighted by Crippen LogP contribution is 2.08. The van der Waals surface area contributed by atoms with Gasteiger partial charge in [-0.3, -0.25) is 15.2 Å². The van der Waals surface area contributed by atoms with E-state index in [1.165, 1.54) is 45.1 Å². The van der Waals surface area contributed by atoms with E-state index in [9.17, 15) is 9.90 Å². The molecule has 0 heterocycles. The van der Waals surface area contributed by atoms with Crippen LogP contribution >= 0.6 is 0 Å². The summed E-state index contributed by atoms with van der Waals surface area (Å²) in [4.78, 5) is 14.0. The van der Waals surface area contributed by atoms with Gasteiger partial charge in [-0.2, -0.15) is 0 Å². The number of carbonyl (C=O) groups excluding carboxylic acids is 1. The maximum atomic E-state index is 9.95. The van der Waals surface area contributed by atoms with Crippen LogP contribution in [0.25, 0.3) is 0 Å². The fraction of sp³-hybridized carbons (Fsp3) is 0.889. The number of nitrogens with zero attached hydrogens (tertiary/aromatic N) is 3. The lowest BCUT2D eigenvalue weighted by molar-refractivity contribution is -0.470. The molecule has 0 spiro atoms. The summed E-state index contributed by atoms with van der Waals surface area (Å²) < 4.78 is 6.19. The Balaban J connectivity index is 0. The van der Waals surface area contributed by atoms with Crippen molar-refractivity contribution in [1.82, 2.24) is 9.80 Å². The van der Waals surface area contributed by atoms with E-state index < -0.39 is 6.16 Å². The molecule has 150 valence electrons. The average Bonchev–Trinajstić information content (AvgIpc) is 2.51. The van der Waals surface area contributed by atoms with Crippen molar-refractivity contribution in [2.45, 2.75) is 51.4 Å². The molecule has 0 saturated heterocycles. The number of unbranched alkanes of at least 4 members (excludes halogenated alkanes) is 7. The van der Waals surface area contributed by atoms with Crippen LogP contribution in [-0.2, 0) is 4.74 Å². The zero-order valence-corrected chi connectivity index (χ0v) is 17.2. The predicted octanol–water partition coefficient (Wildman–Crippen LogP) is 1.16. The number of rotatable bonds is 11. The van der Waals surface area contributed by atoms with Crippen molar-refractivity contribution in [3.05, 3.63) is 0 Å². The van der Waals surface area contributed by atoms with E-state index in [0.717, 1.165) is 18.8 Å². The second-order valence-electron chi connectivity index (χ2n) is 6.88. The van der Waals surface area contributed by atoms with E-state index in [2.05, 4.69) is 23.7 Å². The first-order valence-electron chi connectivity index (χ1n) is 9.14. The van der Waals surface area contributed by atoms with Crippen molar-refractivity contribution in [2.75, 3.05) is 55.4 Å². The highest BCUT2D eigenvalue weighted by molar-refractivity contribution is 5.72. The van der Waals surface area contributed by atoms with E-state index in [1.54, 1.807) is 0 Å². The van der Waals surface area contributed by atoms with Crippen LogP contribution in [0.15, 0.2) is 0 Å². The Kier molecular flexibility index (Phi) is 17.8. The van der Waals surface area contributed by atoms with Crippen LogP contribution in [0.1, 0.15) is 51.4 Å². The summed E-state index contributed by atoms with van der Waals surface area (Å²) in [5.41, 5.74) is 5.53. The maximum Gasteiger partial charge on any atom is 0.344 e. The first-order chi connectivity index (χ1) is 11.7. The second-order valence-corrected chi connectivity index (χ2v) is 6.88. The summed E-state index contributed by atoms with van der Waals surface area (Å²) in [5, 5.41) is 9.95. The van der Waals surface area contributed by atoms with Gasteiger partial charge in [0.15, 0.2) is 0 Å². The van der Waals surface area contributed by atoms with Crippen LogP contribution in [-0.4, -0.2) is 81.9 Å². The molecule has 0 radical (unpaired) electrons. The Morgan fingerprint density at radius 2 is 1.36 bits per heavy atom. The minimum Gasteiger partial charge on any atom is -0.550 e. The average molecular weight is 361 g/mol. The van der Waals surface area contributed by atoms with Crippen molar-refractivity contribution in [3.8, 4) is 0 Å². The third kappa shape index (κ3) is 22.5. The SMILES string of the molecule is CN(C)C(N)=[N+](C)C.CN(C)CCCCCCCCCCOC(=O)[O-]. The Bertz CT molecular complexity index is 354. The zero-order chi connectivity index (χ0) is 19.7. The third-order valence-corrected chi connectivity index (χ3v) is 3.64. The molecule has 7 heteroatoms. The molecule has 0 aliphatic heterocycles. The standard InChI is InChI=1S/C13H27NO3.C5H13N3/c1-14(2)11-9-7-5-3-4-6-8-10-12-17-13(15)16;1-7(2)5(6)8(3)4/h3-12H2,1-2H3,(H,15,16);6H,1-4H3. The van der Waals surface area contributed by atoms with Crippen molar-refractivity contribution in [2.24, 2.45) is 5.73 Å². The minimum atomic E-state index is -1.41. The molecule has 0 aromatic heterocycles. The van der Waals surface area contributed by atoms with Gasteiger partial charge in [0.05, 0.1) is 28.2 Å². The highest BCUT2D eigenvalue weighted by Gasteiger charge is 2.00.